The van der Waals surface area contributed by atoms with Crippen LogP contribution in [0.4, 0.5) is 0 Å². The van der Waals surface area contributed by atoms with E-state index in [0.29, 0.717) is 5.57 Å². The highest BCUT2D eigenvalue weighted by Gasteiger charge is 2.17. The second-order valence-corrected chi connectivity index (χ2v) is 3.51. The van der Waals surface area contributed by atoms with Gasteiger partial charge in [-0.15, -0.1) is 0 Å². The maximum absolute atomic E-state index is 10.9. The zero-order valence-electron chi connectivity index (χ0n) is 8.84. The monoisotopic (exact) mass is 184 g/mol. The molecule has 0 aliphatic rings. The Morgan fingerprint density at radius 2 is 2.08 bits per heavy atom. The minimum Gasteiger partial charge on any atom is -0.366 e. The van der Waals surface area contributed by atoms with Crippen LogP contribution < -0.4 is 5.73 Å². The van der Waals surface area contributed by atoms with E-state index in [1.54, 1.807) is 0 Å². The number of nitrogens with two attached hydrogens (primary N) is 1. The van der Waals surface area contributed by atoms with Crippen LogP contribution in [0.3, 0.4) is 0 Å². The lowest BCUT2D eigenvalue weighted by molar-refractivity contribution is -0.115. The number of carbonyl (C=O) groups is 1. The summed E-state index contributed by atoms with van der Waals surface area (Å²) in [5, 5.41) is 0. The van der Waals surface area contributed by atoms with E-state index in [4.69, 9.17) is 5.73 Å². The summed E-state index contributed by atoms with van der Waals surface area (Å²) in [6.07, 6.45) is 3.16. The molecule has 2 N–H and O–H groups in total. The Kier molecular flexibility index (Phi) is 5.39. The molecule has 13 heavy (non-hydrogen) atoms. The van der Waals surface area contributed by atoms with Crippen molar-refractivity contribution in [1.82, 2.24) is 4.90 Å². The second-order valence-electron chi connectivity index (χ2n) is 3.51. The van der Waals surface area contributed by atoms with Crippen molar-refractivity contribution in [3.63, 3.8) is 0 Å². The first-order chi connectivity index (χ1) is 6.00. The minimum absolute atomic E-state index is 0.0949. The Labute approximate surface area is 80.6 Å². The molecule has 76 valence electrons. The van der Waals surface area contributed by atoms with Gasteiger partial charge in [0.1, 0.15) is 0 Å². The molecule has 0 radical (unpaired) electrons. The van der Waals surface area contributed by atoms with Crippen molar-refractivity contribution in [2.75, 3.05) is 14.1 Å². The third kappa shape index (κ3) is 4.08. The zero-order valence-corrected chi connectivity index (χ0v) is 8.84. The van der Waals surface area contributed by atoms with Gasteiger partial charge in [-0.1, -0.05) is 26.3 Å². The molecule has 3 nitrogen and oxygen atoms in total. The van der Waals surface area contributed by atoms with E-state index < -0.39 is 5.91 Å². The van der Waals surface area contributed by atoms with Crippen LogP contribution in [0.2, 0.25) is 0 Å². The lowest BCUT2D eigenvalue weighted by Gasteiger charge is -2.24. The van der Waals surface area contributed by atoms with Crippen LogP contribution >= 0.6 is 0 Å². The number of nitrogens with zero attached hydrogens (tertiary/aromatic N) is 1. The maximum atomic E-state index is 10.9. The molecule has 3 heteroatoms. The van der Waals surface area contributed by atoms with Crippen LogP contribution in [0.25, 0.3) is 0 Å². The maximum Gasteiger partial charge on any atom is 0.245 e. The number of rotatable bonds is 6. The lowest BCUT2D eigenvalue weighted by atomic mass is 10.0. The van der Waals surface area contributed by atoms with Gasteiger partial charge in [0.25, 0.3) is 0 Å². The van der Waals surface area contributed by atoms with Crippen LogP contribution in [0.15, 0.2) is 12.2 Å². The Balaban J connectivity index is 4.24. The number of unbranched alkanes of at least 4 members (excludes halogenated alkanes) is 1. The van der Waals surface area contributed by atoms with Crippen LogP contribution in [0, 0.1) is 0 Å². The van der Waals surface area contributed by atoms with Crippen LogP contribution in [0.5, 0.6) is 0 Å². The van der Waals surface area contributed by atoms with Gasteiger partial charge in [0.05, 0.1) is 0 Å². The summed E-state index contributed by atoms with van der Waals surface area (Å²) in [4.78, 5) is 12.9. The molecule has 1 unspecified atom stereocenters. The average molecular weight is 184 g/mol. The van der Waals surface area contributed by atoms with Crippen molar-refractivity contribution >= 4 is 5.91 Å². The number of likely N-dealkylation sites (N-methyl/N-ethyl adjacent to an activating group) is 1. The highest BCUT2D eigenvalue weighted by Crippen LogP contribution is 2.12. The predicted octanol–water partition coefficient (Wildman–Crippen LogP) is 1.15. The van der Waals surface area contributed by atoms with Crippen LogP contribution in [-0.2, 0) is 4.79 Å². The predicted molar refractivity (Wildman–Crippen MR) is 55.3 cm³/mol. The number of amides is 1. The van der Waals surface area contributed by atoms with Crippen LogP contribution in [0.1, 0.15) is 26.2 Å². The van der Waals surface area contributed by atoms with Crippen molar-refractivity contribution in [1.29, 1.82) is 0 Å². The Hall–Kier alpha value is -0.830. The first-order valence-corrected chi connectivity index (χ1v) is 4.65. The lowest BCUT2D eigenvalue weighted by Crippen LogP contribution is -2.34. The van der Waals surface area contributed by atoms with Crippen molar-refractivity contribution in [3.8, 4) is 0 Å². The van der Waals surface area contributed by atoms with E-state index in [0.717, 1.165) is 19.3 Å². The molecule has 0 spiro atoms. The molecule has 1 atom stereocenters. The van der Waals surface area contributed by atoms with Gasteiger partial charge in [-0.05, 0) is 20.5 Å². The molecule has 0 bridgehead atoms. The fraction of sp³-hybridized carbons (Fsp3) is 0.700. The molecule has 1 amide bonds. The number of hydrogen-bond donors (Lipinski definition) is 1. The number of primary amides is 1. The van der Waals surface area contributed by atoms with E-state index >= 15 is 0 Å². The highest BCUT2D eigenvalue weighted by molar-refractivity contribution is 5.92. The van der Waals surface area contributed by atoms with Crippen molar-refractivity contribution in [3.05, 3.63) is 12.2 Å². The van der Waals surface area contributed by atoms with Gasteiger partial charge in [0.15, 0.2) is 0 Å². The third-order valence-corrected chi connectivity index (χ3v) is 2.17. The van der Waals surface area contributed by atoms with Gasteiger partial charge in [-0.25, -0.2) is 0 Å². The summed E-state index contributed by atoms with van der Waals surface area (Å²) in [5.74, 6) is -0.394. The van der Waals surface area contributed by atoms with Crippen molar-refractivity contribution < 1.29 is 4.79 Å². The van der Waals surface area contributed by atoms with Crippen molar-refractivity contribution in [2.45, 2.75) is 32.2 Å². The van der Waals surface area contributed by atoms with Gasteiger partial charge in [0.2, 0.25) is 5.91 Å². The zero-order chi connectivity index (χ0) is 10.4. The van der Waals surface area contributed by atoms with E-state index in [1.165, 1.54) is 0 Å². The smallest absolute Gasteiger partial charge is 0.245 e. The molecule has 0 aromatic heterocycles. The summed E-state index contributed by atoms with van der Waals surface area (Å²) in [7, 11) is 3.88. The SMILES string of the molecule is C=C(C(N)=O)C(CCCC)N(C)C. The van der Waals surface area contributed by atoms with Gasteiger partial charge >= 0.3 is 0 Å². The Morgan fingerprint density at radius 3 is 2.38 bits per heavy atom. The summed E-state index contributed by atoms with van der Waals surface area (Å²) in [6, 6.07) is 0.0949. The van der Waals surface area contributed by atoms with Gasteiger partial charge in [0, 0.05) is 11.6 Å². The second kappa shape index (κ2) is 5.75. The van der Waals surface area contributed by atoms with E-state index in [1.807, 2.05) is 19.0 Å². The van der Waals surface area contributed by atoms with Crippen LogP contribution in [-0.4, -0.2) is 30.9 Å². The third-order valence-electron chi connectivity index (χ3n) is 2.17. The molecule has 0 saturated heterocycles. The first kappa shape index (κ1) is 12.2. The quantitative estimate of drug-likeness (QED) is 0.629. The summed E-state index contributed by atoms with van der Waals surface area (Å²) in [6.45, 7) is 5.84. The van der Waals surface area contributed by atoms with E-state index in [2.05, 4.69) is 13.5 Å². The largest absolute Gasteiger partial charge is 0.366 e. The molecule has 0 rings (SSSR count). The van der Waals surface area contributed by atoms with Crippen molar-refractivity contribution in [2.24, 2.45) is 5.73 Å². The molecule has 0 aliphatic heterocycles. The molecular formula is C10H20N2O. The molecule has 0 fully saturated rings. The number of carbonyl (C=O) groups excluding carboxylic acids is 1. The summed E-state index contributed by atoms with van der Waals surface area (Å²) >= 11 is 0. The topological polar surface area (TPSA) is 46.3 Å². The van der Waals surface area contributed by atoms with E-state index in [-0.39, 0.29) is 6.04 Å². The molecule has 0 aromatic rings. The normalized spacial score (nSPS) is 12.9. The Morgan fingerprint density at radius 1 is 1.54 bits per heavy atom. The standard InChI is InChI=1S/C10H20N2O/c1-5-6-7-9(12(3)4)8(2)10(11)13/h9H,2,5-7H2,1,3-4H3,(H2,11,13). The molecule has 0 heterocycles. The molecule has 0 saturated carbocycles. The molecule has 0 aliphatic carbocycles. The van der Waals surface area contributed by atoms with Gasteiger partial charge in [-0.2, -0.15) is 0 Å². The van der Waals surface area contributed by atoms with Gasteiger partial charge < -0.3 is 10.6 Å². The summed E-state index contributed by atoms with van der Waals surface area (Å²) < 4.78 is 0. The first-order valence-electron chi connectivity index (χ1n) is 4.65. The fourth-order valence-corrected chi connectivity index (χ4v) is 1.31. The highest BCUT2D eigenvalue weighted by atomic mass is 16.1. The van der Waals surface area contributed by atoms with E-state index in [9.17, 15) is 4.79 Å². The fourth-order valence-electron chi connectivity index (χ4n) is 1.31. The molecular weight excluding hydrogens is 164 g/mol. The molecule has 0 aromatic carbocycles. The summed E-state index contributed by atoms with van der Waals surface area (Å²) in [5.41, 5.74) is 5.69. The average Bonchev–Trinajstić information content (AvgIpc) is 2.04. The van der Waals surface area contributed by atoms with Gasteiger partial charge in [-0.3, -0.25) is 4.79 Å². The minimum atomic E-state index is -0.394. The Bertz CT molecular complexity index is 187. The number of hydrogen-bond acceptors (Lipinski definition) is 2.